The van der Waals surface area contributed by atoms with E-state index in [4.69, 9.17) is 21.1 Å². The third-order valence-electron chi connectivity index (χ3n) is 4.13. The van der Waals surface area contributed by atoms with Gasteiger partial charge in [0.25, 0.3) is 15.9 Å². The van der Waals surface area contributed by atoms with Crippen LogP contribution in [0.4, 0.5) is 5.69 Å². The number of nitrogens with zero attached hydrogens (tertiary/aromatic N) is 1. The van der Waals surface area contributed by atoms with Crippen molar-refractivity contribution < 1.29 is 22.7 Å². The number of rotatable bonds is 9. The number of hydrogen-bond acceptors (Lipinski definition) is 6. The van der Waals surface area contributed by atoms with Crippen LogP contribution in [-0.2, 0) is 14.8 Å². The zero-order chi connectivity index (χ0) is 23.0. The van der Waals surface area contributed by atoms with E-state index in [1.807, 2.05) is 0 Å². The van der Waals surface area contributed by atoms with Crippen LogP contribution in [0.5, 0.6) is 11.5 Å². The lowest BCUT2D eigenvalue weighted by Gasteiger charge is -2.12. The Balaban J connectivity index is 1.61. The lowest BCUT2D eigenvalue weighted by molar-refractivity contribution is -0.118. The highest BCUT2D eigenvalue weighted by molar-refractivity contribution is 7.89. The van der Waals surface area contributed by atoms with Gasteiger partial charge in [0, 0.05) is 0 Å². The van der Waals surface area contributed by atoms with E-state index in [-0.39, 0.29) is 17.4 Å². The predicted octanol–water partition coefficient (Wildman–Crippen LogP) is 3.68. The third kappa shape index (κ3) is 6.22. The first-order valence-corrected chi connectivity index (χ1v) is 11.2. The van der Waals surface area contributed by atoms with Crippen molar-refractivity contribution >= 4 is 39.4 Å². The number of ether oxygens (including phenoxy) is 2. The van der Waals surface area contributed by atoms with Crippen molar-refractivity contribution in [1.82, 2.24) is 4.83 Å². The Morgan fingerprint density at radius 1 is 1.03 bits per heavy atom. The Hall–Kier alpha value is -3.56. The Labute approximate surface area is 190 Å². The molecule has 0 spiro atoms. The van der Waals surface area contributed by atoms with Gasteiger partial charge in [-0.1, -0.05) is 41.9 Å². The largest absolute Gasteiger partial charge is 0.493 e. The van der Waals surface area contributed by atoms with Gasteiger partial charge in [-0.15, -0.1) is 0 Å². The number of carbonyl (C=O) groups excluding carboxylic acids is 1. The Bertz CT molecular complexity index is 1220. The Morgan fingerprint density at radius 2 is 1.75 bits per heavy atom. The van der Waals surface area contributed by atoms with Crippen LogP contribution in [0.2, 0.25) is 5.02 Å². The number of hydrazone groups is 1. The highest BCUT2D eigenvalue weighted by Crippen LogP contribution is 2.28. The third-order valence-corrected chi connectivity index (χ3v) is 5.70. The number of sulfonamides is 1. The van der Waals surface area contributed by atoms with Gasteiger partial charge in [0.15, 0.2) is 18.1 Å². The zero-order valence-electron chi connectivity index (χ0n) is 17.0. The minimum Gasteiger partial charge on any atom is -0.493 e. The molecule has 10 heteroatoms. The maximum absolute atomic E-state index is 12.2. The molecular formula is C22H20ClN3O5S. The minimum atomic E-state index is -3.76. The molecule has 0 aromatic heterocycles. The molecule has 0 aliphatic rings. The van der Waals surface area contributed by atoms with Gasteiger partial charge in [-0.2, -0.15) is 13.5 Å². The molecule has 3 aromatic carbocycles. The van der Waals surface area contributed by atoms with Crippen molar-refractivity contribution in [2.24, 2.45) is 5.10 Å². The van der Waals surface area contributed by atoms with Gasteiger partial charge in [0.1, 0.15) is 0 Å². The van der Waals surface area contributed by atoms with Crippen LogP contribution in [0.1, 0.15) is 5.56 Å². The van der Waals surface area contributed by atoms with Crippen LogP contribution >= 0.6 is 11.6 Å². The molecule has 2 N–H and O–H groups in total. The molecule has 32 heavy (non-hydrogen) atoms. The van der Waals surface area contributed by atoms with Crippen LogP contribution in [0.3, 0.4) is 0 Å². The highest BCUT2D eigenvalue weighted by Gasteiger charge is 2.12. The smallest absolute Gasteiger partial charge is 0.276 e. The molecule has 3 rings (SSSR count). The van der Waals surface area contributed by atoms with Crippen LogP contribution in [-0.4, -0.2) is 34.3 Å². The van der Waals surface area contributed by atoms with Crippen molar-refractivity contribution in [3.8, 4) is 11.5 Å². The molecule has 166 valence electrons. The summed E-state index contributed by atoms with van der Waals surface area (Å²) in [4.78, 5) is 14.4. The number of hydrogen-bond donors (Lipinski definition) is 2. The SMILES string of the molecule is COc1cc(/C=N/NS(=O)(=O)c2ccccc2)ccc1OCC(=O)Nc1ccccc1Cl. The maximum atomic E-state index is 12.2. The number of para-hydroxylation sites is 1. The van der Waals surface area contributed by atoms with Crippen molar-refractivity contribution in [1.29, 1.82) is 0 Å². The average molecular weight is 474 g/mol. The van der Waals surface area contributed by atoms with E-state index in [0.717, 1.165) is 0 Å². The van der Waals surface area contributed by atoms with Gasteiger partial charge in [-0.25, -0.2) is 4.83 Å². The second-order valence-corrected chi connectivity index (χ2v) is 8.46. The molecule has 8 nitrogen and oxygen atoms in total. The quantitative estimate of drug-likeness (QED) is 0.364. The fourth-order valence-electron chi connectivity index (χ4n) is 2.60. The predicted molar refractivity (Wildman–Crippen MR) is 123 cm³/mol. The molecule has 3 aromatic rings. The number of methoxy groups -OCH3 is 1. The van der Waals surface area contributed by atoms with E-state index in [2.05, 4.69) is 15.2 Å². The fraction of sp³-hybridized carbons (Fsp3) is 0.0909. The van der Waals surface area contributed by atoms with Crippen LogP contribution in [0.15, 0.2) is 82.8 Å². The average Bonchev–Trinajstić information content (AvgIpc) is 2.80. The first-order valence-electron chi connectivity index (χ1n) is 9.34. The monoisotopic (exact) mass is 473 g/mol. The molecule has 0 radical (unpaired) electrons. The summed E-state index contributed by atoms with van der Waals surface area (Å²) < 4.78 is 35.2. The number of benzene rings is 3. The minimum absolute atomic E-state index is 0.105. The van der Waals surface area contributed by atoms with Crippen LogP contribution in [0.25, 0.3) is 0 Å². The molecule has 0 saturated carbocycles. The molecule has 0 saturated heterocycles. The lowest BCUT2D eigenvalue weighted by Crippen LogP contribution is -2.20. The topological polar surface area (TPSA) is 106 Å². The van der Waals surface area contributed by atoms with E-state index >= 15 is 0 Å². The molecule has 0 aliphatic heterocycles. The van der Waals surface area contributed by atoms with E-state index in [0.29, 0.717) is 27.8 Å². The van der Waals surface area contributed by atoms with Crippen molar-refractivity contribution in [2.75, 3.05) is 19.0 Å². The summed E-state index contributed by atoms with van der Waals surface area (Å²) in [5, 5.41) is 6.87. The van der Waals surface area contributed by atoms with E-state index < -0.39 is 10.0 Å². The number of halogens is 1. The van der Waals surface area contributed by atoms with E-state index in [1.54, 1.807) is 60.7 Å². The molecule has 0 fully saturated rings. The highest BCUT2D eigenvalue weighted by atomic mass is 35.5. The van der Waals surface area contributed by atoms with E-state index in [1.165, 1.54) is 25.5 Å². The van der Waals surface area contributed by atoms with Gasteiger partial charge in [0.2, 0.25) is 0 Å². The Morgan fingerprint density at radius 3 is 2.47 bits per heavy atom. The molecule has 0 atom stereocenters. The van der Waals surface area contributed by atoms with Crippen LogP contribution in [0, 0.1) is 0 Å². The summed E-state index contributed by atoms with van der Waals surface area (Å²) >= 11 is 6.02. The second-order valence-electron chi connectivity index (χ2n) is 6.39. The summed E-state index contributed by atoms with van der Waals surface area (Å²) in [7, 11) is -2.31. The fourth-order valence-corrected chi connectivity index (χ4v) is 3.59. The van der Waals surface area contributed by atoms with E-state index in [9.17, 15) is 13.2 Å². The van der Waals surface area contributed by atoms with Crippen LogP contribution < -0.4 is 19.6 Å². The van der Waals surface area contributed by atoms with Gasteiger partial charge in [-0.05, 0) is 48.0 Å². The number of nitrogens with one attached hydrogen (secondary N) is 2. The lowest BCUT2D eigenvalue weighted by atomic mass is 10.2. The molecular weight excluding hydrogens is 454 g/mol. The standard InChI is InChI=1S/C22H20ClN3O5S/c1-30-21-13-16(14-24-26-32(28,29)17-7-3-2-4-8-17)11-12-20(21)31-15-22(27)25-19-10-6-5-9-18(19)23/h2-14,26H,15H2,1H3,(H,25,27)/b24-14+. The summed E-state index contributed by atoms with van der Waals surface area (Å²) in [5.74, 6) is 0.301. The molecule has 0 heterocycles. The number of amides is 1. The Kier molecular flexibility index (Phi) is 7.69. The molecule has 1 amide bonds. The van der Waals surface area contributed by atoms with Crippen molar-refractivity contribution in [2.45, 2.75) is 4.90 Å². The first kappa shape index (κ1) is 23.1. The van der Waals surface area contributed by atoms with Gasteiger partial charge >= 0.3 is 0 Å². The zero-order valence-corrected chi connectivity index (χ0v) is 18.6. The van der Waals surface area contributed by atoms with Gasteiger partial charge in [0.05, 0.1) is 28.9 Å². The normalized spacial score (nSPS) is 11.2. The first-order chi connectivity index (χ1) is 15.4. The summed E-state index contributed by atoms with van der Waals surface area (Å²) in [6.07, 6.45) is 1.33. The summed E-state index contributed by atoms with van der Waals surface area (Å²) in [5.41, 5.74) is 1.05. The van der Waals surface area contributed by atoms with Gasteiger partial charge in [-0.3, -0.25) is 4.79 Å². The maximum Gasteiger partial charge on any atom is 0.276 e. The second kappa shape index (κ2) is 10.7. The summed E-state index contributed by atoms with van der Waals surface area (Å²) in [6.45, 7) is -0.258. The number of anilines is 1. The molecule has 0 unspecified atom stereocenters. The number of carbonyl (C=O) groups is 1. The van der Waals surface area contributed by atoms with Gasteiger partial charge < -0.3 is 14.8 Å². The molecule has 0 bridgehead atoms. The van der Waals surface area contributed by atoms with Crippen molar-refractivity contribution in [3.63, 3.8) is 0 Å². The summed E-state index contributed by atoms with van der Waals surface area (Å²) in [6, 6.07) is 19.6. The van der Waals surface area contributed by atoms with Crippen molar-refractivity contribution in [3.05, 3.63) is 83.4 Å². The molecule has 0 aliphatic carbocycles.